The average Bonchev–Trinajstić information content (AvgIpc) is 3.35. The van der Waals surface area contributed by atoms with Crippen LogP contribution in [-0.4, -0.2) is 23.9 Å². The Hall–Kier alpha value is -3.87. The molecule has 4 rings (SSSR count). The van der Waals surface area contributed by atoms with Crippen molar-refractivity contribution in [3.8, 4) is 5.75 Å². The van der Waals surface area contributed by atoms with Crippen molar-refractivity contribution in [2.75, 3.05) is 12.0 Å². The Bertz CT molecular complexity index is 1100. The van der Waals surface area contributed by atoms with E-state index in [0.29, 0.717) is 17.2 Å². The number of anilines is 1. The summed E-state index contributed by atoms with van der Waals surface area (Å²) < 4.78 is 24.0. The zero-order valence-corrected chi connectivity index (χ0v) is 15.3. The van der Waals surface area contributed by atoms with Crippen molar-refractivity contribution in [2.45, 2.75) is 6.04 Å². The maximum Gasteiger partial charge on any atom is 0.300 e. The minimum Gasteiger partial charge on any atom is -0.507 e. The number of halogens is 1. The van der Waals surface area contributed by atoms with Crippen molar-refractivity contribution < 1.29 is 28.2 Å². The molecular weight excluding hydrogens is 377 g/mol. The zero-order valence-electron chi connectivity index (χ0n) is 15.3. The molecule has 1 N–H and O–H groups in total. The number of rotatable bonds is 4. The van der Waals surface area contributed by atoms with Crippen molar-refractivity contribution in [2.24, 2.45) is 0 Å². The number of ether oxygens (including phenoxy) is 1. The summed E-state index contributed by atoms with van der Waals surface area (Å²) in [5.74, 6) is -1.77. The van der Waals surface area contributed by atoms with Crippen LogP contribution in [0.4, 0.5) is 10.1 Å². The molecule has 1 fully saturated rings. The van der Waals surface area contributed by atoms with Crippen molar-refractivity contribution >= 4 is 23.1 Å². The number of carbonyl (C=O) groups is 2. The van der Waals surface area contributed by atoms with Crippen LogP contribution in [0.2, 0.25) is 0 Å². The summed E-state index contributed by atoms with van der Waals surface area (Å²) in [7, 11) is 1.49. The molecule has 1 atom stereocenters. The number of Topliss-reactive ketones (excluding diaryl/α,β-unsaturated/α-hetero) is 1. The van der Waals surface area contributed by atoms with Gasteiger partial charge < -0.3 is 14.3 Å². The van der Waals surface area contributed by atoms with Crippen molar-refractivity contribution in [1.29, 1.82) is 0 Å². The van der Waals surface area contributed by atoms with Crippen LogP contribution in [0.1, 0.15) is 17.4 Å². The second kappa shape index (κ2) is 7.27. The highest BCUT2D eigenvalue weighted by Crippen LogP contribution is 2.42. The number of aliphatic hydroxyl groups is 1. The third-order valence-electron chi connectivity index (χ3n) is 4.71. The van der Waals surface area contributed by atoms with E-state index in [0.717, 1.165) is 12.1 Å². The lowest BCUT2D eigenvalue weighted by molar-refractivity contribution is -0.132. The Kier molecular flexibility index (Phi) is 4.64. The van der Waals surface area contributed by atoms with Gasteiger partial charge in [-0.1, -0.05) is 6.07 Å². The first-order valence-electron chi connectivity index (χ1n) is 8.75. The molecule has 146 valence electrons. The molecule has 2 heterocycles. The molecule has 1 aliphatic rings. The topological polar surface area (TPSA) is 80.0 Å². The normalized spacial score (nSPS) is 18.3. The zero-order chi connectivity index (χ0) is 20.5. The van der Waals surface area contributed by atoms with Crippen molar-refractivity contribution in [3.63, 3.8) is 0 Å². The number of hydrogen-bond donors (Lipinski definition) is 1. The van der Waals surface area contributed by atoms with Gasteiger partial charge in [0.25, 0.3) is 11.7 Å². The Balaban J connectivity index is 1.91. The Labute approximate surface area is 165 Å². The summed E-state index contributed by atoms with van der Waals surface area (Å²) in [4.78, 5) is 27.0. The van der Waals surface area contributed by atoms with Gasteiger partial charge in [-0.25, -0.2) is 4.39 Å². The summed E-state index contributed by atoms with van der Waals surface area (Å²) in [6, 6.07) is 13.9. The van der Waals surface area contributed by atoms with E-state index in [4.69, 9.17) is 9.15 Å². The van der Waals surface area contributed by atoms with Gasteiger partial charge in [-0.15, -0.1) is 0 Å². The lowest BCUT2D eigenvalue weighted by Gasteiger charge is -2.23. The molecule has 0 bridgehead atoms. The molecule has 3 aromatic rings. The SMILES string of the molecule is COc1cccc(N2C(=O)C(=O)/C(=C(\O)c3ccc(F)cc3)C2c2ccco2)c1. The molecule has 2 aromatic carbocycles. The number of aliphatic hydroxyl groups excluding tert-OH is 1. The van der Waals surface area contributed by atoms with E-state index in [1.807, 2.05) is 0 Å². The van der Waals surface area contributed by atoms with Crippen LogP contribution >= 0.6 is 0 Å². The number of furan rings is 1. The van der Waals surface area contributed by atoms with Crippen LogP contribution in [0.3, 0.4) is 0 Å². The number of hydrogen-bond acceptors (Lipinski definition) is 5. The smallest absolute Gasteiger partial charge is 0.300 e. The minimum atomic E-state index is -0.984. The largest absolute Gasteiger partial charge is 0.507 e. The third kappa shape index (κ3) is 3.16. The van der Waals surface area contributed by atoms with Gasteiger partial charge in [0, 0.05) is 17.3 Å². The molecule has 0 spiro atoms. The molecule has 0 saturated carbocycles. The Morgan fingerprint density at radius 3 is 2.52 bits per heavy atom. The van der Waals surface area contributed by atoms with Gasteiger partial charge in [0.1, 0.15) is 29.1 Å². The molecule has 1 amide bonds. The van der Waals surface area contributed by atoms with Gasteiger partial charge in [-0.2, -0.15) is 0 Å². The van der Waals surface area contributed by atoms with Gasteiger partial charge >= 0.3 is 0 Å². The molecule has 6 nitrogen and oxygen atoms in total. The standard InChI is InChI=1S/C22H16FNO5/c1-28-16-5-2-4-15(12-16)24-19(17-6-3-11-29-17)18(21(26)22(24)27)20(25)13-7-9-14(23)10-8-13/h2-12,19,25H,1H3/b20-18-. The van der Waals surface area contributed by atoms with Gasteiger partial charge in [0.15, 0.2) is 0 Å². The molecule has 1 aliphatic heterocycles. The number of nitrogens with zero attached hydrogens (tertiary/aromatic N) is 1. The van der Waals surface area contributed by atoms with Crippen LogP contribution in [0.15, 0.2) is 76.9 Å². The van der Waals surface area contributed by atoms with Crippen molar-refractivity contribution in [3.05, 3.63) is 89.6 Å². The fourth-order valence-corrected chi connectivity index (χ4v) is 3.34. The number of carbonyl (C=O) groups excluding carboxylic acids is 2. The summed E-state index contributed by atoms with van der Waals surface area (Å²) in [6.07, 6.45) is 1.42. The fourth-order valence-electron chi connectivity index (χ4n) is 3.34. The summed E-state index contributed by atoms with van der Waals surface area (Å²) in [5.41, 5.74) is 0.483. The molecular formula is C22H16FNO5. The van der Waals surface area contributed by atoms with Crippen LogP contribution in [0.5, 0.6) is 5.75 Å². The first kappa shape index (κ1) is 18.5. The average molecular weight is 393 g/mol. The van der Waals surface area contributed by atoms with E-state index in [1.165, 1.54) is 30.4 Å². The summed E-state index contributed by atoms with van der Waals surface area (Å²) in [6.45, 7) is 0. The third-order valence-corrected chi connectivity index (χ3v) is 4.71. The summed E-state index contributed by atoms with van der Waals surface area (Å²) in [5, 5.41) is 10.8. The second-order valence-electron chi connectivity index (χ2n) is 6.39. The number of benzene rings is 2. The molecule has 29 heavy (non-hydrogen) atoms. The number of amides is 1. The monoisotopic (exact) mass is 393 g/mol. The number of methoxy groups -OCH3 is 1. The van der Waals surface area contributed by atoms with E-state index < -0.39 is 29.3 Å². The van der Waals surface area contributed by atoms with E-state index in [9.17, 15) is 19.1 Å². The van der Waals surface area contributed by atoms with Crippen LogP contribution in [0, 0.1) is 5.82 Å². The predicted octanol–water partition coefficient (Wildman–Crippen LogP) is 4.05. The van der Waals surface area contributed by atoms with E-state index >= 15 is 0 Å². The molecule has 1 saturated heterocycles. The van der Waals surface area contributed by atoms with E-state index in [1.54, 1.807) is 36.4 Å². The highest BCUT2D eigenvalue weighted by Gasteiger charge is 2.48. The maximum atomic E-state index is 13.3. The van der Waals surface area contributed by atoms with Gasteiger partial charge in [0.05, 0.1) is 18.9 Å². The van der Waals surface area contributed by atoms with Crippen LogP contribution in [-0.2, 0) is 9.59 Å². The van der Waals surface area contributed by atoms with E-state index in [2.05, 4.69) is 0 Å². The molecule has 1 aromatic heterocycles. The second-order valence-corrected chi connectivity index (χ2v) is 6.39. The van der Waals surface area contributed by atoms with Crippen LogP contribution in [0.25, 0.3) is 5.76 Å². The van der Waals surface area contributed by atoms with Crippen LogP contribution < -0.4 is 9.64 Å². The molecule has 7 heteroatoms. The first-order valence-corrected chi connectivity index (χ1v) is 8.75. The predicted molar refractivity (Wildman–Crippen MR) is 103 cm³/mol. The number of ketones is 1. The fraction of sp³-hybridized carbons (Fsp3) is 0.0909. The lowest BCUT2D eigenvalue weighted by Crippen LogP contribution is -2.29. The van der Waals surface area contributed by atoms with Gasteiger partial charge in [-0.05, 0) is 48.5 Å². The highest BCUT2D eigenvalue weighted by atomic mass is 19.1. The molecule has 0 radical (unpaired) electrons. The maximum absolute atomic E-state index is 13.3. The summed E-state index contributed by atoms with van der Waals surface area (Å²) >= 11 is 0. The highest BCUT2D eigenvalue weighted by molar-refractivity contribution is 6.51. The first-order chi connectivity index (χ1) is 14.0. The van der Waals surface area contributed by atoms with Gasteiger partial charge in [0.2, 0.25) is 0 Å². The lowest BCUT2D eigenvalue weighted by atomic mass is 9.99. The van der Waals surface area contributed by atoms with E-state index in [-0.39, 0.29) is 11.1 Å². The molecule has 1 unspecified atom stereocenters. The molecule has 0 aliphatic carbocycles. The van der Waals surface area contributed by atoms with Gasteiger partial charge in [-0.3, -0.25) is 14.5 Å². The van der Waals surface area contributed by atoms with Crippen molar-refractivity contribution in [1.82, 2.24) is 0 Å². The quantitative estimate of drug-likeness (QED) is 0.411. The Morgan fingerprint density at radius 1 is 1.10 bits per heavy atom. The Morgan fingerprint density at radius 2 is 1.86 bits per heavy atom. The minimum absolute atomic E-state index is 0.139.